The number of amides is 1. The number of benzene rings is 1. The van der Waals surface area contributed by atoms with Gasteiger partial charge in [-0.05, 0) is 56.9 Å². The minimum absolute atomic E-state index is 0.147. The molecule has 25 heavy (non-hydrogen) atoms. The van der Waals surface area contributed by atoms with Crippen molar-refractivity contribution in [2.45, 2.75) is 39.7 Å². The Kier molecular flexibility index (Phi) is 6.32. The van der Waals surface area contributed by atoms with Crippen LogP contribution >= 0.6 is 0 Å². The Hall–Kier alpha value is -1.76. The second-order valence-electron chi connectivity index (χ2n) is 6.69. The van der Waals surface area contributed by atoms with Crippen molar-refractivity contribution in [1.29, 1.82) is 0 Å². The number of hydrogen-bond donors (Lipinski definition) is 0. The number of piperidine rings is 1. The van der Waals surface area contributed by atoms with Crippen LogP contribution in [0.5, 0.6) is 5.75 Å². The molecule has 1 aromatic carbocycles. The molecular formula is C18H28N2O4S. The third-order valence-corrected chi connectivity index (χ3v) is 5.68. The number of nitrogens with zero attached hydrogens (tertiary/aromatic N) is 2. The van der Waals surface area contributed by atoms with Gasteiger partial charge in [0.2, 0.25) is 15.9 Å². The third-order valence-electron chi connectivity index (χ3n) is 4.44. The van der Waals surface area contributed by atoms with Crippen LogP contribution in [0.1, 0.15) is 33.6 Å². The molecule has 1 saturated heterocycles. The van der Waals surface area contributed by atoms with Gasteiger partial charge in [-0.25, -0.2) is 8.42 Å². The van der Waals surface area contributed by atoms with Crippen LogP contribution in [-0.2, 0) is 14.8 Å². The lowest BCUT2D eigenvalue weighted by atomic mass is 10.00. The van der Waals surface area contributed by atoms with Gasteiger partial charge in [-0.15, -0.1) is 0 Å². The van der Waals surface area contributed by atoms with Crippen molar-refractivity contribution in [3.63, 3.8) is 0 Å². The largest absolute Gasteiger partial charge is 0.494 e. The van der Waals surface area contributed by atoms with Crippen molar-refractivity contribution in [3.05, 3.63) is 24.3 Å². The molecule has 0 saturated carbocycles. The fourth-order valence-corrected chi connectivity index (χ4v) is 4.48. The molecule has 1 fully saturated rings. The Morgan fingerprint density at radius 3 is 2.52 bits per heavy atom. The van der Waals surface area contributed by atoms with Crippen molar-refractivity contribution < 1.29 is 17.9 Å². The number of rotatable bonds is 6. The van der Waals surface area contributed by atoms with E-state index in [1.54, 1.807) is 36.1 Å². The van der Waals surface area contributed by atoms with Crippen LogP contribution in [0.3, 0.4) is 0 Å². The van der Waals surface area contributed by atoms with Gasteiger partial charge in [-0.1, -0.05) is 6.92 Å². The number of carbonyl (C=O) groups excluding carboxylic acids is 1. The van der Waals surface area contributed by atoms with Crippen molar-refractivity contribution in [1.82, 2.24) is 4.90 Å². The van der Waals surface area contributed by atoms with Crippen molar-refractivity contribution >= 4 is 21.6 Å². The molecule has 1 heterocycles. The first-order chi connectivity index (χ1) is 11.7. The molecule has 0 bridgehead atoms. The van der Waals surface area contributed by atoms with E-state index in [-0.39, 0.29) is 5.91 Å². The minimum Gasteiger partial charge on any atom is -0.494 e. The van der Waals surface area contributed by atoms with Crippen LogP contribution in [-0.4, -0.2) is 51.2 Å². The van der Waals surface area contributed by atoms with Gasteiger partial charge >= 0.3 is 0 Å². The molecule has 0 aromatic heterocycles. The lowest BCUT2D eigenvalue weighted by Gasteiger charge is -2.36. The second-order valence-corrected chi connectivity index (χ2v) is 8.55. The average molecular weight is 368 g/mol. The molecule has 1 amide bonds. The minimum atomic E-state index is -3.59. The quantitative estimate of drug-likeness (QED) is 0.774. The Bertz CT molecular complexity index is 688. The summed E-state index contributed by atoms with van der Waals surface area (Å²) in [5.74, 6) is 0.969. The maximum absolute atomic E-state index is 12.9. The zero-order valence-electron chi connectivity index (χ0n) is 15.4. The summed E-state index contributed by atoms with van der Waals surface area (Å²) in [7, 11) is -3.59. The van der Waals surface area contributed by atoms with E-state index in [0.29, 0.717) is 37.1 Å². The summed E-state index contributed by atoms with van der Waals surface area (Å²) in [6, 6.07) is 6.01. The van der Waals surface area contributed by atoms with E-state index in [4.69, 9.17) is 4.74 Å². The van der Waals surface area contributed by atoms with E-state index in [1.165, 1.54) is 4.31 Å². The predicted molar refractivity (Wildman–Crippen MR) is 99.4 cm³/mol. The molecule has 1 aliphatic heterocycles. The molecule has 0 spiro atoms. The Morgan fingerprint density at radius 2 is 2.00 bits per heavy atom. The SMILES string of the molecule is CCOc1ccc(N([C@@H](C)C(=O)N2CCC[C@@H](C)C2)S(C)(=O)=O)cc1. The van der Waals surface area contributed by atoms with Crippen molar-refractivity contribution in [2.75, 3.05) is 30.3 Å². The number of ether oxygens (including phenoxy) is 1. The third kappa shape index (κ3) is 4.87. The van der Waals surface area contributed by atoms with Crippen LogP contribution < -0.4 is 9.04 Å². The smallest absolute Gasteiger partial charge is 0.246 e. The first kappa shape index (κ1) is 19.6. The molecule has 0 aliphatic carbocycles. The zero-order valence-corrected chi connectivity index (χ0v) is 16.3. The van der Waals surface area contributed by atoms with E-state index < -0.39 is 16.1 Å². The number of likely N-dealkylation sites (tertiary alicyclic amines) is 1. The van der Waals surface area contributed by atoms with Gasteiger partial charge in [-0.2, -0.15) is 0 Å². The van der Waals surface area contributed by atoms with Gasteiger partial charge in [-0.3, -0.25) is 9.10 Å². The second kappa shape index (κ2) is 8.08. The topological polar surface area (TPSA) is 66.9 Å². The molecule has 6 nitrogen and oxygen atoms in total. The van der Waals surface area contributed by atoms with Gasteiger partial charge in [0.05, 0.1) is 18.6 Å². The van der Waals surface area contributed by atoms with Crippen molar-refractivity contribution in [2.24, 2.45) is 5.92 Å². The molecule has 2 rings (SSSR count). The number of carbonyl (C=O) groups is 1. The average Bonchev–Trinajstić information content (AvgIpc) is 2.55. The summed E-state index contributed by atoms with van der Waals surface area (Å²) >= 11 is 0. The summed E-state index contributed by atoms with van der Waals surface area (Å²) < 4.78 is 31.3. The van der Waals surface area contributed by atoms with Gasteiger partial charge in [0.15, 0.2) is 0 Å². The van der Waals surface area contributed by atoms with E-state index in [2.05, 4.69) is 6.92 Å². The summed E-state index contributed by atoms with van der Waals surface area (Å²) in [6.07, 6.45) is 3.19. The molecule has 0 unspecified atom stereocenters. The molecule has 2 atom stereocenters. The molecular weight excluding hydrogens is 340 g/mol. The van der Waals surface area contributed by atoms with Gasteiger partial charge in [0.25, 0.3) is 0 Å². The lowest BCUT2D eigenvalue weighted by molar-refractivity contribution is -0.133. The zero-order chi connectivity index (χ0) is 18.6. The Labute approximate surface area is 150 Å². The fourth-order valence-electron chi connectivity index (χ4n) is 3.31. The monoisotopic (exact) mass is 368 g/mol. The number of anilines is 1. The molecule has 140 valence electrons. The van der Waals surface area contributed by atoms with Crippen LogP contribution in [0.15, 0.2) is 24.3 Å². The molecule has 1 aliphatic rings. The van der Waals surface area contributed by atoms with Gasteiger partial charge in [0, 0.05) is 13.1 Å². The molecule has 0 N–H and O–H groups in total. The normalized spacial score (nSPS) is 19.4. The Balaban J connectivity index is 2.26. The lowest BCUT2D eigenvalue weighted by Crippen LogP contribution is -2.51. The number of sulfonamides is 1. The highest BCUT2D eigenvalue weighted by Gasteiger charge is 2.33. The first-order valence-corrected chi connectivity index (χ1v) is 10.6. The predicted octanol–water partition coefficient (Wildman–Crippen LogP) is 2.50. The molecule has 0 radical (unpaired) electrons. The fraction of sp³-hybridized carbons (Fsp3) is 0.611. The highest BCUT2D eigenvalue weighted by Crippen LogP contribution is 2.25. The van der Waals surface area contributed by atoms with Crippen LogP contribution in [0.4, 0.5) is 5.69 Å². The molecule has 1 aromatic rings. The van der Waals surface area contributed by atoms with E-state index in [1.807, 2.05) is 6.92 Å². The Morgan fingerprint density at radius 1 is 1.36 bits per heavy atom. The first-order valence-electron chi connectivity index (χ1n) is 8.75. The van der Waals surface area contributed by atoms with Gasteiger partial charge in [0.1, 0.15) is 11.8 Å². The van der Waals surface area contributed by atoms with E-state index in [9.17, 15) is 13.2 Å². The summed E-state index contributed by atoms with van der Waals surface area (Å²) in [5, 5.41) is 0. The van der Waals surface area contributed by atoms with E-state index in [0.717, 1.165) is 19.1 Å². The highest BCUT2D eigenvalue weighted by molar-refractivity contribution is 7.92. The van der Waals surface area contributed by atoms with Gasteiger partial charge < -0.3 is 9.64 Å². The van der Waals surface area contributed by atoms with Crippen LogP contribution in [0, 0.1) is 5.92 Å². The standard InChI is InChI=1S/C18H28N2O4S/c1-5-24-17-10-8-16(9-11-17)20(25(4,22)23)15(3)18(21)19-12-6-7-14(2)13-19/h8-11,14-15H,5-7,12-13H2,1-4H3/t14-,15+/m1/s1. The van der Waals surface area contributed by atoms with E-state index >= 15 is 0 Å². The van der Waals surface area contributed by atoms with Crippen molar-refractivity contribution in [3.8, 4) is 5.75 Å². The van der Waals surface area contributed by atoms with Crippen LogP contribution in [0.25, 0.3) is 0 Å². The highest BCUT2D eigenvalue weighted by atomic mass is 32.2. The summed E-state index contributed by atoms with van der Waals surface area (Å²) in [5.41, 5.74) is 0.469. The molecule has 7 heteroatoms. The summed E-state index contributed by atoms with van der Waals surface area (Å²) in [6.45, 7) is 7.57. The number of hydrogen-bond acceptors (Lipinski definition) is 4. The van der Waals surface area contributed by atoms with Crippen LogP contribution in [0.2, 0.25) is 0 Å². The maximum atomic E-state index is 12.9. The summed E-state index contributed by atoms with van der Waals surface area (Å²) in [4.78, 5) is 14.7. The maximum Gasteiger partial charge on any atom is 0.246 e.